The lowest BCUT2D eigenvalue weighted by molar-refractivity contribution is 0.229. The molecule has 3 heteroatoms. The lowest BCUT2D eigenvalue weighted by atomic mass is 9.75. The maximum atomic E-state index is 5.63. The van der Waals surface area contributed by atoms with Crippen LogP contribution in [0.2, 0.25) is 0 Å². The molecular formula is C17H27NO2. The summed E-state index contributed by atoms with van der Waals surface area (Å²) in [5.41, 5.74) is 1.57. The van der Waals surface area contributed by atoms with Crippen molar-refractivity contribution in [1.82, 2.24) is 0 Å². The van der Waals surface area contributed by atoms with Gasteiger partial charge in [-0.2, -0.15) is 0 Å². The van der Waals surface area contributed by atoms with Gasteiger partial charge < -0.3 is 14.8 Å². The Morgan fingerprint density at radius 2 is 2.10 bits per heavy atom. The standard InChI is InChI=1S/C17H27NO2/c1-5-20-16-11-13(8-9-15(16)19-4)18-14-7-6-10-17(2,3)12-14/h8-9,11,14,18H,5-7,10,12H2,1-4H3. The van der Waals surface area contributed by atoms with Crippen LogP contribution in [0.25, 0.3) is 0 Å². The molecule has 0 aromatic heterocycles. The molecule has 20 heavy (non-hydrogen) atoms. The maximum absolute atomic E-state index is 5.63. The van der Waals surface area contributed by atoms with Crippen LogP contribution in [0.5, 0.6) is 11.5 Å². The van der Waals surface area contributed by atoms with E-state index >= 15 is 0 Å². The molecular weight excluding hydrogens is 250 g/mol. The van der Waals surface area contributed by atoms with Gasteiger partial charge in [-0.05, 0) is 43.7 Å². The second-order valence-electron chi connectivity index (χ2n) is 6.40. The predicted octanol–water partition coefficient (Wildman–Crippen LogP) is 4.47. The van der Waals surface area contributed by atoms with E-state index in [1.54, 1.807) is 7.11 Å². The topological polar surface area (TPSA) is 30.5 Å². The Bertz CT molecular complexity index is 443. The molecule has 1 aromatic carbocycles. The van der Waals surface area contributed by atoms with Gasteiger partial charge in [0.2, 0.25) is 0 Å². The lowest BCUT2D eigenvalue weighted by Crippen LogP contribution is -2.31. The molecule has 0 spiro atoms. The Morgan fingerprint density at radius 3 is 2.75 bits per heavy atom. The molecule has 0 heterocycles. The summed E-state index contributed by atoms with van der Waals surface area (Å²) in [7, 11) is 1.68. The van der Waals surface area contributed by atoms with Gasteiger partial charge in [0.15, 0.2) is 11.5 Å². The maximum Gasteiger partial charge on any atom is 0.163 e. The third kappa shape index (κ3) is 3.81. The largest absolute Gasteiger partial charge is 0.493 e. The fraction of sp³-hybridized carbons (Fsp3) is 0.647. The fourth-order valence-corrected chi connectivity index (χ4v) is 3.09. The van der Waals surface area contributed by atoms with Crippen molar-refractivity contribution >= 4 is 5.69 Å². The second-order valence-corrected chi connectivity index (χ2v) is 6.40. The monoisotopic (exact) mass is 277 g/mol. The van der Waals surface area contributed by atoms with Crippen molar-refractivity contribution in [2.75, 3.05) is 19.0 Å². The van der Waals surface area contributed by atoms with Crippen LogP contribution in [0, 0.1) is 5.41 Å². The van der Waals surface area contributed by atoms with Gasteiger partial charge in [-0.1, -0.05) is 20.3 Å². The van der Waals surface area contributed by atoms with Crippen LogP contribution in [0.3, 0.4) is 0 Å². The smallest absolute Gasteiger partial charge is 0.163 e. The molecule has 0 amide bonds. The molecule has 2 rings (SSSR count). The van der Waals surface area contributed by atoms with E-state index < -0.39 is 0 Å². The molecule has 0 bridgehead atoms. The first kappa shape index (κ1) is 15.0. The number of hydrogen-bond acceptors (Lipinski definition) is 3. The minimum absolute atomic E-state index is 0.450. The molecule has 1 unspecified atom stereocenters. The highest BCUT2D eigenvalue weighted by Gasteiger charge is 2.27. The van der Waals surface area contributed by atoms with E-state index in [4.69, 9.17) is 9.47 Å². The number of nitrogens with one attached hydrogen (secondary N) is 1. The summed E-state index contributed by atoms with van der Waals surface area (Å²) in [6, 6.07) is 6.65. The van der Waals surface area contributed by atoms with Crippen LogP contribution in [-0.2, 0) is 0 Å². The van der Waals surface area contributed by atoms with Gasteiger partial charge in [-0.15, -0.1) is 0 Å². The lowest BCUT2D eigenvalue weighted by Gasteiger charge is -2.36. The fourth-order valence-electron chi connectivity index (χ4n) is 3.09. The van der Waals surface area contributed by atoms with Gasteiger partial charge in [0.25, 0.3) is 0 Å². The van der Waals surface area contributed by atoms with E-state index in [0.717, 1.165) is 17.2 Å². The first-order chi connectivity index (χ1) is 9.54. The molecule has 1 atom stereocenters. The molecule has 1 saturated carbocycles. The van der Waals surface area contributed by atoms with Crippen LogP contribution in [0.1, 0.15) is 46.5 Å². The Morgan fingerprint density at radius 1 is 1.30 bits per heavy atom. The number of methoxy groups -OCH3 is 1. The minimum Gasteiger partial charge on any atom is -0.493 e. The Balaban J connectivity index is 2.07. The van der Waals surface area contributed by atoms with Crippen molar-refractivity contribution in [3.8, 4) is 11.5 Å². The summed E-state index contributed by atoms with van der Waals surface area (Å²) in [5.74, 6) is 1.61. The molecule has 1 fully saturated rings. The number of hydrogen-bond donors (Lipinski definition) is 1. The van der Waals surface area contributed by atoms with Gasteiger partial charge in [-0.25, -0.2) is 0 Å². The third-order valence-electron chi connectivity index (χ3n) is 4.04. The van der Waals surface area contributed by atoms with E-state index in [1.807, 2.05) is 19.1 Å². The molecule has 1 aliphatic carbocycles. The van der Waals surface area contributed by atoms with E-state index in [0.29, 0.717) is 18.1 Å². The highest BCUT2D eigenvalue weighted by Crippen LogP contribution is 2.37. The number of benzene rings is 1. The quantitative estimate of drug-likeness (QED) is 0.861. The van der Waals surface area contributed by atoms with E-state index in [-0.39, 0.29) is 0 Å². The van der Waals surface area contributed by atoms with Gasteiger partial charge in [0.05, 0.1) is 13.7 Å². The van der Waals surface area contributed by atoms with Gasteiger partial charge in [-0.3, -0.25) is 0 Å². The van der Waals surface area contributed by atoms with Crippen molar-refractivity contribution in [3.63, 3.8) is 0 Å². The van der Waals surface area contributed by atoms with Crippen molar-refractivity contribution in [1.29, 1.82) is 0 Å². The number of ether oxygens (including phenoxy) is 2. The first-order valence-corrected chi connectivity index (χ1v) is 7.61. The molecule has 1 aliphatic rings. The normalized spacial score (nSPS) is 21.3. The molecule has 0 radical (unpaired) electrons. The van der Waals surface area contributed by atoms with E-state index in [2.05, 4.69) is 25.2 Å². The van der Waals surface area contributed by atoms with Gasteiger partial charge >= 0.3 is 0 Å². The third-order valence-corrected chi connectivity index (χ3v) is 4.04. The number of rotatable bonds is 5. The summed E-state index contributed by atoms with van der Waals surface area (Å²) in [4.78, 5) is 0. The Hall–Kier alpha value is -1.38. The zero-order valence-corrected chi connectivity index (χ0v) is 13.2. The molecule has 3 nitrogen and oxygen atoms in total. The molecule has 112 valence electrons. The Kier molecular flexibility index (Phi) is 4.79. The molecule has 1 N–H and O–H groups in total. The van der Waals surface area contributed by atoms with Crippen molar-refractivity contribution in [3.05, 3.63) is 18.2 Å². The Labute approximate surface area is 122 Å². The highest BCUT2D eigenvalue weighted by molar-refractivity contribution is 5.55. The second kappa shape index (κ2) is 6.38. The summed E-state index contributed by atoms with van der Waals surface area (Å²) in [5, 5.41) is 3.65. The minimum atomic E-state index is 0.450. The van der Waals surface area contributed by atoms with E-state index in [1.165, 1.54) is 25.7 Å². The van der Waals surface area contributed by atoms with Crippen LogP contribution < -0.4 is 14.8 Å². The van der Waals surface area contributed by atoms with Crippen LogP contribution in [0.4, 0.5) is 5.69 Å². The predicted molar refractivity (Wildman–Crippen MR) is 83.8 cm³/mol. The highest BCUT2D eigenvalue weighted by atomic mass is 16.5. The summed E-state index contributed by atoms with van der Waals surface area (Å²) >= 11 is 0. The van der Waals surface area contributed by atoms with Crippen molar-refractivity contribution in [2.24, 2.45) is 5.41 Å². The first-order valence-electron chi connectivity index (χ1n) is 7.61. The molecule has 1 aromatic rings. The average molecular weight is 277 g/mol. The zero-order valence-electron chi connectivity index (χ0n) is 13.2. The number of anilines is 1. The SMILES string of the molecule is CCOc1cc(NC2CCCC(C)(C)C2)ccc1OC. The van der Waals surface area contributed by atoms with Gasteiger partial charge in [0.1, 0.15) is 0 Å². The van der Waals surface area contributed by atoms with Crippen LogP contribution >= 0.6 is 0 Å². The summed E-state index contributed by atoms with van der Waals surface area (Å²) in [6.07, 6.45) is 5.11. The molecule has 0 saturated heterocycles. The summed E-state index contributed by atoms with van der Waals surface area (Å²) in [6.45, 7) is 7.36. The van der Waals surface area contributed by atoms with Crippen molar-refractivity contribution < 1.29 is 9.47 Å². The van der Waals surface area contributed by atoms with Crippen LogP contribution in [0.15, 0.2) is 18.2 Å². The zero-order chi connectivity index (χ0) is 14.6. The molecule has 0 aliphatic heterocycles. The van der Waals surface area contributed by atoms with E-state index in [9.17, 15) is 0 Å². The average Bonchev–Trinajstić information content (AvgIpc) is 2.38. The summed E-state index contributed by atoms with van der Waals surface area (Å²) < 4.78 is 11.0. The van der Waals surface area contributed by atoms with Gasteiger partial charge in [0, 0.05) is 17.8 Å². The van der Waals surface area contributed by atoms with Crippen LogP contribution in [-0.4, -0.2) is 19.8 Å². The van der Waals surface area contributed by atoms with Crippen molar-refractivity contribution in [2.45, 2.75) is 52.5 Å².